The summed E-state index contributed by atoms with van der Waals surface area (Å²) in [6, 6.07) is 4.94. The SMILES string of the molecule is Nc1ccc(C(=O)NCC2CCS(=O)(=O)C2)cc1Br. The van der Waals surface area contributed by atoms with Gasteiger partial charge in [0.25, 0.3) is 5.91 Å². The highest BCUT2D eigenvalue weighted by Crippen LogP contribution is 2.21. The van der Waals surface area contributed by atoms with Crippen LogP contribution in [0.4, 0.5) is 5.69 Å². The smallest absolute Gasteiger partial charge is 0.251 e. The Balaban J connectivity index is 1.93. The molecule has 1 aromatic carbocycles. The third-order valence-corrected chi connectivity index (χ3v) is 5.66. The van der Waals surface area contributed by atoms with Gasteiger partial charge in [0.2, 0.25) is 0 Å². The number of carbonyl (C=O) groups is 1. The van der Waals surface area contributed by atoms with Crippen LogP contribution < -0.4 is 11.1 Å². The number of rotatable bonds is 3. The van der Waals surface area contributed by atoms with Crippen LogP contribution in [-0.2, 0) is 9.84 Å². The number of hydrogen-bond donors (Lipinski definition) is 2. The quantitative estimate of drug-likeness (QED) is 0.804. The molecule has 7 heteroatoms. The Morgan fingerprint density at radius 2 is 2.21 bits per heavy atom. The predicted molar refractivity (Wildman–Crippen MR) is 77.6 cm³/mol. The van der Waals surface area contributed by atoms with Gasteiger partial charge in [0.1, 0.15) is 0 Å². The third kappa shape index (κ3) is 3.70. The highest BCUT2D eigenvalue weighted by molar-refractivity contribution is 9.10. The number of halogens is 1. The summed E-state index contributed by atoms with van der Waals surface area (Å²) < 4.78 is 23.3. The van der Waals surface area contributed by atoms with Gasteiger partial charge in [-0.05, 0) is 46.5 Å². The molecule has 1 aliphatic rings. The first-order chi connectivity index (χ1) is 8.87. The van der Waals surface area contributed by atoms with Crippen LogP contribution in [0.2, 0.25) is 0 Å². The minimum Gasteiger partial charge on any atom is -0.398 e. The number of nitrogen functional groups attached to an aromatic ring is 1. The second-order valence-corrected chi connectivity index (χ2v) is 7.80. The number of amides is 1. The van der Waals surface area contributed by atoms with E-state index in [0.29, 0.717) is 28.7 Å². The van der Waals surface area contributed by atoms with E-state index in [2.05, 4.69) is 21.2 Å². The summed E-state index contributed by atoms with van der Waals surface area (Å²) in [6.07, 6.45) is 0.619. The average Bonchev–Trinajstić information content (AvgIpc) is 2.69. The first kappa shape index (κ1) is 14.3. The summed E-state index contributed by atoms with van der Waals surface area (Å²) in [5.41, 5.74) is 6.72. The second-order valence-electron chi connectivity index (χ2n) is 4.72. The van der Waals surface area contributed by atoms with E-state index in [4.69, 9.17) is 5.73 Å². The van der Waals surface area contributed by atoms with Gasteiger partial charge in [-0.1, -0.05) is 0 Å². The number of hydrogen-bond acceptors (Lipinski definition) is 4. The van der Waals surface area contributed by atoms with E-state index in [1.165, 1.54) is 0 Å². The van der Waals surface area contributed by atoms with E-state index in [9.17, 15) is 13.2 Å². The molecule has 1 aromatic rings. The van der Waals surface area contributed by atoms with Crippen LogP contribution in [0.15, 0.2) is 22.7 Å². The largest absolute Gasteiger partial charge is 0.398 e. The Morgan fingerprint density at radius 1 is 1.47 bits per heavy atom. The molecule has 3 N–H and O–H groups in total. The average molecular weight is 347 g/mol. The van der Waals surface area contributed by atoms with Gasteiger partial charge in [0.05, 0.1) is 11.5 Å². The molecule has 1 heterocycles. The fourth-order valence-corrected chi connectivity index (χ4v) is 4.28. The number of nitrogens with two attached hydrogens (primary N) is 1. The van der Waals surface area contributed by atoms with Gasteiger partial charge < -0.3 is 11.1 Å². The van der Waals surface area contributed by atoms with Crippen LogP contribution in [0, 0.1) is 5.92 Å². The van der Waals surface area contributed by atoms with Gasteiger partial charge in [-0.15, -0.1) is 0 Å². The normalized spacial score (nSPS) is 21.2. The van der Waals surface area contributed by atoms with Crippen LogP contribution in [0.5, 0.6) is 0 Å². The third-order valence-electron chi connectivity index (χ3n) is 3.14. The van der Waals surface area contributed by atoms with E-state index in [1.54, 1.807) is 18.2 Å². The second kappa shape index (κ2) is 5.50. The van der Waals surface area contributed by atoms with Crippen LogP contribution in [-0.4, -0.2) is 32.4 Å². The van der Waals surface area contributed by atoms with Crippen molar-refractivity contribution < 1.29 is 13.2 Å². The lowest BCUT2D eigenvalue weighted by Crippen LogP contribution is -2.29. The molecule has 0 radical (unpaired) electrons. The van der Waals surface area contributed by atoms with Gasteiger partial charge >= 0.3 is 0 Å². The number of nitrogens with one attached hydrogen (secondary N) is 1. The minimum absolute atomic E-state index is 0.0196. The van der Waals surface area contributed by atoms with E-state index < -0.39 is 9.84 Å². The van der Waals surface area contributed by atoms with Crippen LogP contribution >= 0.6 is 15.9 Å². The fraction of sp³-hybridized carbons (Fsp3) is 0.417. The Labute approximate surface area is 120 Å². The Kier molecular flexibility index (Phi) is 4.15. The standard InChI is InChI=1S/C12H15BrN2O3S/c13-10-5-9(1-2-11(10)14)12(16)15-6-8-3-4-19(17,18)7-8/h1-2,5,8H,3-4,6-7,14H2,(H,15,16). The maximum atomic E-state index is 11.9. The van der Waals surface area contributed by atoms with Gasteiger partial charge in [-0.3, -0.25) is 4.79 Å². The molecule has 1 unspecified atom stereocenters. The maximum Gasteiger partial charge on any atom is 0.251 e. The van der Waals surface area contributed by atoms with Crippen LogP contribution in [0.25, 0.3) is 0 Å². The van der Waals surface area contributed by atoms with Gasteiger partial charge in [-0.25, -0.2) is 8.42 Å². The van der Waals surface area contributed by atoms with Crippen molar-refractivity contribution in [1.29, 1.82) is 0 Å². The molecule has 0 spiro atoms. The van der Waals surface area contributed by atoms with E-state index in [0.717, 1.165) is 0 Å². The Morgan fingerprint density at radius 3 is 2.79 bits per heavy atom. The molecule has 2 rings (SSSR count). The molecule has 1 amide bonds. The van der Waals surface area contributed by atoms with Crippen molar-refractivity contribution >= 4 is 37.4 Å². The molecule has 5 nitrogen and oxygen atoms in total. The molecular weight excluding hydrogens is 332 g/mol. The lowest BCUT2D eigenvalue weighted by Gasteiger charge is -2.10. The topological polar surface area (TPSA) is 89.3 Å². The van der Waals surface area contributed by atoms with Gasteiger partial charge in [-0.2, -0.15) is 0 Å². The summed E-state index contributed by atoms with van der Waals surface area (Å²) in [5, 5.41) is 2.76. The van der Waals surface area contributed by atoms with Gasteiger partial charge in [0, 0.05) is 22.3 Å². The van der Waals surface area contributed by atoms with E-state index in [-0.39, 0.29) is 23.3 Å². The van der Waals surface area contributed by atoms with E-state index >= 15 is 0 Å². The summed E-state index contributed by atoms with van der Waals surface area (Å²) in [5.74, 6) is 0.191. The molecule has 0 bridgehead atoms. The number of benzene rings is 1. The van der Waals surface area contributed by atoms with Crippen molar-refractivity contribution in [3.8, 4) is 0 Å². The molecule has 1 fully saturated rings. The molecular formula is C12H15BrN2O3S. The van der Waals surface area contributed by atoms with Crippen molar-refractivity contribution in [3.63, 3.8) is 0 Å². The zero-order valence-electron chi connectivity index (χ0n) is 10.2. The van der Waals surface area contributed by atoms with Crippen molar-refractivity contribution in [2.24, 2.45) is 5.92 Å². The zero-order chi connectivity index (χ0) is 14.0. The van der Waals surface area contributed by atoms with Crippen molar-refractivity contribution in [2.75, 3.05) is 23.8 Å². The number of sulfone groups is 1. The Hall–Kier alpha value is -1.08. The Bertz CT molecular complexity index is 601. The molecule has 1 aliphatic heterocycles. The van der Waals surface area contributed by atoms with Crippen molar-refractivity contribution in [1.82, 2.24) is 5.32 Å². The summed E-state index contributed by atoms with van der Waals surface area (Å²) >= 11 is 3.26. The molecule has 0 saturated carbocycles. The summed E-state index contributed by atoms with van der Waals surface area (Å²) in [4.78, 5) is 11.9. The highest BCUT2D eigenvalue weighted by atomic mass is 79.9. The van der Waals surface area contributed by atoms with E-state index in [1.807, 2.05) is 0 Å². The first-order valence-corrected chi connectivity index (χ1v) is 8.52. The summed E-state index contributed by atoms with van der Waals surface area (Å²) in [6.45, 7) is 0.389. The predicted octanol–water partition coefficient (Wildman–Crippen LogP) is 1.20. The lowest BCUT2D eigenvalue weighted by atomic mass is 10.1. The first-order valence-electron chi connectivity index (χ1n) is 5.91. The fourth-order valence-electron chi connectivity index (χ4n) is 2.04. The number of carbonyl (C=O) groups excluding carboxylic acids is 1. The number of anilines is 1. The molecule has 0 aromatic heterocycles. The lowest BCUT2D eigenvalue weighted by molar-refractivity contribution is 0.0948. The molecule has 19 heavy (non-hydrogen) atoms. The van der Waals surface area contributed by atoms with Crippen LogP contribution in [0.3, 0.4) is 0 Å². The van der Waals surface area contributed by atoms with Crippen molar-refractivity contribution in [2.45, 2.75) is 6.42 Å². The molecule has 0 aliphatic carbocycles. The highest BCUT2D eigenvalue weighted by Gasteiger charge is 2.27. The van der Waals surface area contributed by atoms with Crippen LogP contribution in [0.1, 0.15) is 16.8 Å². The van der Waals surface area contributed by atoms with Crippen molar-refractivity contribution in [3.05, 3.63) is 28.2 Å². The summed E-state index contributed by atoms with van der Waals surface area (Å²) in [7, 11) is -2.90. The zero-order valence-corrected chi connectivity index (χ0v) is 12.6. The monoisotopic (exact) mass is 346 g/mol. The minimum atomic E-state index is -2.90. The van der Waals surface area contributed by atoms with Gasteiger partial charge in [0.15, 0.2) is 9.84 Å². The maximum absolute atomic E-state index is 11.9. The molecule has 104 valence electrons. The molecule has 1 atom stereocenters. The molecule has 1 saturated heterocycles.